The standard InChI is InChI=1S/C23H39NO3/c1-2-3-4-5-6-7-8-9-10-11-12-13-14-15-19-24-23(27)20-17-16-18-21(25)22(20)26/h16-18,25-26H,2-15,19H2,1H3,(H,24,27). The average Bonchev–Trinajstić information content (AvgIpc) is 2.67. The van der Waals surface area contributed by atoms with Crippen LogP contribution in [0.15, 0.2) is 18.2 Å². The van der Waals surface area contributed by atoms with Crippen LogP contribution in [0.4, 0.5) is 0 Å². The SMILES string of the molecule is CCCCCCCCCCCCCCCCNC(=O)c1cccc(O)c1O. The van der Waals surface area contributed by atoms with Crippen LogP contribution in [0, 0.1) is 0 Å². The summed E-state index contributed by atoms with van der Waals surface area (Å²) in [6, 6.07) is 4.42. The molecule has 0 aliphatic heterocycles. The Labute approximate surface area is 165 Å². The van der Waals surface area contributed by atoms with Gasteiger partial charge in [-0.3, -0.25) is 4.79 Å². The summed E-state index contributed by atoms with van der Waals surface area (Å²) < 4.78 is 0. The third-order valence-electron chi connectivity index (χ3n) is 5.08. The van der Waals surface area contributed by atoms with E-state index in [1.807, 2.05) is 0 Å². The van der Waals surface area contributed by atoms with Crippen molar-refractivity contribution in [2.24, 2.45) is 0 Å². The molecule has 154 valence electrons. The topological polar surface area (TPSA) is 69.6 Å². The van der Waals surface area contributed by atoms with E-state index in [2.05, 4.69) is 12.2 Å². The van der Waals surface area contributed by atoms with E-state index in [0.29, 0.717) is 6.54 Å². The van der Waals surface area contributed by atoms with Crippen LogP contribution in [0.5, 0.6) is 11.5 Å². The van der Waals surface area contributed by atoms with Crippen molar-refractivity contribution in [3.8, 4) is 11.5 Å². The highest BCUT2D eigenvalue weighted by Gasteiger charge is 2.12. The predicted octanol–water partition coefficient (Wildman–Crippen LogP) is 6.31. The van der Waals surface area contributed by atoms with Gasteiger partial charge in [-0.1, -0.05) is 96.5 Å². The quantitative estimate of drug-likeness (QED) is 0.233. The van der Waals surface area contributed by atoms with E-state index in [0.717, 1.165) is 12.8 Å². The molecule has 3 N–H and O–H groups in total. The molecule has 1 rings (SSSR count). The fourth-order valence-corrected chi connectivity index (χ4v) is 3.33. The fraction of sp³-hybridized carbons (Fsp3) is 0.696. The van der Waals surface area contributed by atoms with Gasteiger partial charge in [0.1, 0.15) is 0 Å². The zero-order valence-corrected chi connectivity index (χ0v) is 17.1. The summed E-state index contributed by atoms with van der Waals surface area (Å²) in [6.07, 6.45) is 18.3. The summed E-state index contributed by atoms with van der Waals surface area (Å²) in [6.45, 7) is 2.87. The molecule has 0 saturated heterocycles. The van der Waals surface area contributed by atoms with Crippen molar-refractivity contribution >= 4 is 5.91 Å². The molecule has 1 amide bonds. The van der Waals surface area contributed by atoms with Gasteiger partial charge in [0.05, 0.1) is 5.56 Å². The molecule has 4 nitrogen and oxygen atoms in total. The zero-order valence-electron chi connectivity index (χ0n) is 17.1. The highest BCUT2D eigenvalue weighted by molar-refractivity contribution is 5.97. The Morgan fingerprint density at radius 3 is 1.78 bits per heavy atom. The third kappa shape index (κ3) is 10.9. The Kier molecular flexibility index (Phi) is 13.3. The van der Waals surface area contributed by atoms with Crippen LogP contribution < -0.4 is 5.32 Å². The van der Waals surface area contributed by atoms with Crippen molar-refractivity contribution in [1.29, 1.82) is 0 Å². The Morgan fingerprint density at radius 1 is 0.778 bits per heavy atom. The second-order valence-corrected chi connectivity index (χ2v) is 7.53. The molecule has 0 heterocycles. The van der Waals surface area contributed by atoms with Gasteiger partial charge in [-0.25, -0.2) is 0 Å². The smallest absolute Gasteiger partial charge is 0.255 e. The lowest BCUT2D eigenvalue weighted by Crippen LogP contribution is -2.24. The van der Waals surface area contributed by atoms with Gasteiger partial charge in [-0.15, -0.1) is 0 Å². The molecule has 0 atom stereocenters. The minimum absolute atomic E-state index is 0.125. The number of unbranched alkanes of at least 4 members (excludes halogenated alkanes) is 13. The third-order valence-corrected chi connectivity index (χ3v) is 5.08. The van der Waals surface area contributed by atoms with Crippen LogP contribution in [0.1, 0.15) is 107 Å². The van der Waals surface area contributed by atoms with Crippen LogP contribution in [0.2, 0.25) is 0 Å². The van der Waals surface area contributed by atoms with Gasteiger partial charge >= 0.3 is 0 Å². The van der Waals surface area contributed by atoms with E-state index in [1.165, 1.54) is 89.2 Å². The lowest BCUT2D eigenvalue weighted by atomic mass is 10.0. The largest absolute Gasteiger partial charge is 0.504 e. The number of carbonyl (C=O) groups is 1. The molecule has 0 spiro atoms. The summed E-state index contributed by atoms with van der Waals surface area (Å²) in [4.78, 5) is 12.0. The van der Waals surface area contributed by atoms with Crippen molar-refractivity contribution in [3.05, 3.63) is 23.8 Å². The van der Waals surface area contributed by atoms with Crippen molar-refractivity contribution in [1.82, 2.24) is 5.32 Å². The van der Waals surface area contributed by atoms with Gasteiger partial charge in [0, 0.05) is 6.54 Å². The lowest BCUT2D eigenvalue weighted by Gasteiger charge is -2.07. The molecule has 4 heteroatoms. The van der Waals surface area contributed by atoms with Crippen molar-refractivity contribution < 1.29 is 15.0 Å². The highest BCUT2D eigenvalue weighted by Crippen LogP contribution is 2.27. The number of hydrogen-bond acceptors (Lipinski definition) is 3. The molecule has 0 aliphatic carbocycles. The Bertz CT molecular complexity index is 516. The Morgan fingerprint density at radius 2 is 1.26 bits per heavy atom. The molecule has 27 heavy (non-hydrogen) atoms. The molecule has 1 aromatic rings. The maximum atomic E-state index is 12.0. The summed E-state index contributed by atoms with van der Waals surface area (Å²) in [5, 5.41) is 21.9. The lowest BCUT2D eigenvalue weighted by molar-refractivity contribution is 0.0949. The average molecular weight is 378 g/mol. The molecule has 0 saturated carbocycles. The number of phenols is 2. The van der Waals surface area contributed by atoms with Gasteiger partial charge in [0.15, 0.2) is 11.5 Å². The van der Waals surface area contributed by atoms with Crippen LogP contribution in [0.3, 0.4) is 0 Å². The number of nitrogens with one attached hydrogen (secondary N) is 1. The van der Waals surface area contributed by atoms with Gasteiger partial charge < -0.3 is 15.5 Å². The Balaban J connectivity index is 1.89. The maximum absolute atomic E-state index is 12.0. The summed E-state index contributed by atoms with van der Waals surface area (Å²) >= 11 is 0. The second-order valence-electron chi connectivity index (χ2n) is 7.53. The van der Waals surface area contributed by atoms with E-state index in [9.17, 15) is 15.0 Å². The minimum Gasteiger partial charge on any atom is -0.504 e. The van der Waals surface area contributed by atoms with Crippen LogP contribution in [-0.4, -0.2) is 22.7 Å². The van der Waals surface area contributed by atoms with E-state index in [1.54, 1.807) is 6.07 Å². The molecule has 0 bridgehead atoms. The number of benzene rings is 1. The fourth-order valence-electron chi connectivity index (χ4n) is 3.33. The Hall–Kier alpha value is -1.71. The molecular weight excluding hydrogens is 338 g/mol. The first kappa shape index (κ1) is 23.3. The van der Waals surface area contributed by atoms with E-state index in [4.69, 9.17) is 0 Å². The van der Waals surface area contributed by atoms with Crippen LogP contribution >= 0.6 is 0 Å². The first-order valence-corrected chi connectivity index (χ1v) is 11.0. The first-order chi connectivity index (χ1) is 13.2. The molecular formula is C23H39NO3. The minimum atomic E-state index is -0.351. The summed E-state index contributed by atoms with van der Waals surface area (Å²) in [5.41, 5.74) is 0.125. The predicted molar refractivity (Wildman–Crippen MR) is 112 cm³/mol. The second kappa shape index (κ2) is 15.4. The zero-order chi connectivity index (χ0) is 19.7. The summed E-state index contributed by atoms with van der Waals surface area (Å²) in [5.74, 6) is -0.951. The van der Waals surface area contributed by atoms with Gasteiger partial charge in [0.2, 0.25) is 0 Å². The molecule has 0 unspecified atom stereocenters. The summed E-state index contributed by atoms with van der Waals surface area (Å²) in [7, 11) is 0. The normalized spacial score (nSPS) is 10.9. The number of amides is 1. The van der Waals surface area contributed by atoms with Crippen molar-refractivity contribution in [2.45, 2.75) is 96.8 Å². The number of phenolic OH excluding ortho intramolecular Hbond substituents is 2. The maximum Gasteiger partial charge on any atom is 0.255 e. The van der Waals surface area contributed by atoms with Crippen molar-refractivity contribution in [2.75, 3.05) is 6.54 Å². The van der Waals surface area contributed by atoms with Crippen LogP contribution in [0.25, 0.3) is 0 Å². The molecule has 0 radical (unpaired) electrons. The number of hydrogen-bond donors (Lipinski definition) is 3. The number of carbonyl (C=O) groups excluding carboxylic acids is 1. The van der Waals surface area contributed by atoms with Gasteiger partial charge in [-0.05, 0) is 18.6 Å². The van der Waals surface area contributed by atoms with Gasteiger partial charge in [0.25, 0.3) is 5.91 Å². The molecule has 1 aromatic carbocycles. The number of rotatable bonds is 16. The first-order valence-electron chi connectivity index (χ1n) is 11.0. The number of aromatic hydroxyl groups is 2. The van der Waals surface area contributed by atoms with Crippen molar-refractivity contribution in [3.63, 3.8) is 0 Å². The van der Waals surface area contributed by atoms with E-state index in [-0.39, 0.29) is 23.0 Å². The van der Waals surface area contributed by atoms with Crippen LogP contribution in [-0.2, 0) is 0 Å². The highest BCUT2D eigenvalue weighted by atomic mass is 16.3. The molecule has 0 aliphatic rings. The molecule has 0 aromatic heterocycles. The van der Waals surface area contributed by atoms with E-state index >= 15 is 0 Å². The van der Waals surface area contributed by atoms with E-state index < -0.39 is 0 Å². The monoisotopic (exact) mass is 377 g/mol. The number of para-hydroxylation sites is 1. The molecule has 0 fully saturated rings. The van der Waals surface area contributed by atoms with Gasteiger partial charge in [-0.2, -0.15) is 0 Å².